The van der Waals surface area contributed by atoms with E-state index in [-0.39, 0.29) is 12.6 Å². The molecule has 0 aromatic carbocycles. The smallest absolute Gasteiger partial charge is 0.326 e. The van der Waals surface area contributed by atoms with Gasteiger partial charge >= 0.3 is 5.97 Å². The van der Waals surface area contributed by atoms with E-state index in [1.807, 2.05) is 20.8 Å². The quantitative estimate of drug-likeness (QED) is 0.648. The van der Waals surface area contributed by atoms with Crippen LogP contribution in [0.2, 0.25) is 0 Å². The standard InChI is InChI=1S/C10H19NO3/c1-10(2,3)14-9(13)8(6-12)11-7-4-5-7/h7-8,11-12H,4-6H2,1-3H3. The molecule has 1 rings (SSSR count). The Balaban J connectivity index is 2.38. The fourth-order valence-corrected chi connectivity index (χ4v) is 1.10. The van der Waals surface area contributed by atoms with Gasteiger partial charge in [-0.25, -0.2) is 0 Å². The lowest BCUT2D eigenvalue weighted by atomic mass is 10.2. The second-order valence-electron chi connectivity index (χ2n) is 4.71. The van der Waals surface area contributed by atoms with E-state index in [0.29, 0.717) is 6.04 Å². The number of rotatable bonds is 4. The molecule has 4 heteroatoms. The van der Waals surface area contributed by atoms with Gasteiger partial charge in [-0.15, -0.1) is 0 Å². The highest BCUT2D eigenvalue weighted by Crippen LogP contribution is 2.20. The molecule has 1 atom stereocenters. The Kier molecular flexibility index (Phi) is 3.50. The van der Waals surface area contributed by atoms with Crippen molar-refractivity contribution in [3.8, 4) is 0 Å². The molecule has 0 bridgehead atoms. The molecule has 0 heterocycles. The second kappa shape index (κ2) is 4.28. The molecule has 1 unspecified atom stereocenters. The van der Waals surface area contributed by atoms with Gasteiger partial charge in [0.05, 0.1) is 6.61 Å². The fraction of sp³-hybridized carbons (Fsp3) is 0.900. The zero-order valence-electron chi connectivity index (χ0n) is 9.04. The highest BCUT2D eigenvalue weighted by atomic mass is 16.6. The molecule has 0 saturated heterocycles. The molecule has 1 saturated carbocycles. The average Bonchev–Trinajstić information content (AvgIpc) is 2.79. The van der Waals surface area contributed by atoms with Crippen LogP contribution >= 0.6 is 0 Å². The van der Waals surface area contributed by atoms with Crippen LogP contribution < -0.4 is 5.32 Å². The Morgan fingerprint density at radius 3 is 2.50 bits per heavy atom. The molecule has 14 heavy (non-hydrogen) atoms. The second-order valence-corrected chi connectivity index (χ2v) is 4.71. The zero-order chi connectivity index (χ0) is 10.8. The van der Waals surface area contributed by atoms with E-state index in [2.05, 4.69) is 5.32 Å². The average molecular weight is 201 g/mol. The van der Waals surface area contributed by atoms with Crippen molar-refractivity contribution in [1.82, 2.24) is 5.32 Å². The van der Waals surface area contributed by atoms with E-state index in [9.17, 15) is 4.79 Å². The number of ether oxygens (including phenoxy) is 1. The van der Waals surface area contributed by atoms with Crippen molar-refractivity contribution in [1.29, 1.82) is 0 Å². The number of aliphatic hydroxyl groups excluding tert-OH is 1. The monoisotopic (exact) mass is 201 g/mol. The van der Waals surface area contributed by atoms with Crippen LogP contribution in [0.4, 0.5) is 0 Å². The minimum absolute atomic E-state index is 0.203. The van der Waals surface area contributed by atoms with Gasteiger partial charge in [-0.05, 0) is 33.6 Å². The number of hydrogen-bond acceptors (Lipinski definition) is 4. The van der Waals surface area contributed by atoms with Crippen molar-refractivity contribution in [2.75, 3.05) is 6.61 Å². The topological polar surface area (TPSA) is 58.6 Å². The molecule has 1 aliphatic carbocycles. The van der Waals surface area contributed by atoms with Crippen LogP contribution in [0.3, 0.4) is 0 Å². The van der Waals surface area contributed by atoms with Gasteiger partial charge in [-0.2, -0.15) is 0 Å². The van der Waals surface area contributed by atoms with E-state index in [0.717, 1.165) is 12.8 Å². The Bertz CT molecular complexity index is 206. The number of hydrogen-bond donors (Lipinski definition) is 2. The Labute approximate surface area is 84.6 Å². The number of nitrogens with one attached hydrogen (secondary N) is 1. The van der Waals surface area contributed by atoms with Gasteiger partial charge in [0.25, 0.3) is 0 Å². The van der Waals surface area contributed by atoms with Gasteiger partial charge in [-0.3, -0.25) is 10.1 Å². The third-order valence-electron chi connectivity index (χ3n) is 1.89. The molecule has 4 nitrogen and oxygen atoms in total. The molecule has 0 spiro atoms. The predicted molar refractivity (Wildman–Crippen MR) is 52.9 cm³/mol. The van der Waals surface area contributed by atoms with Gasteiger partial charge in [0.15, 0.2) is 0 Å². The van der Waals surface area contributed by atoms with Crippen LogP contribution in [0, 0.1) is 0 Å². The maximum Gasteiger partial charge on any atom is 0.326 e. The van der Waals surface area contributed by atoms with Gasteiger partial charge in [-0.1, -0.05) is 0 Å². The van der Waals surface area contributed by atoms with Crippen molar-refractivity contribution in [3.05, 3.63) is 0 Å². The molecule has 0 aliphatic heterocycles. The Morgan fingerprint density at radius 1 is 1.57 bits per heavy atom. The molecule has 1 aliphatic rings. The van der Waals surface area contributed by atoms with E-state index in [1.54, 1.807) is 0 Å². The van der Waals surface area contributed by atoms with Crippen molar-refractivity contribution in [3.63, 3.8) is 0 Å². The van der Waals surface area contributed by atoms with Crippen molar-refractivity contribution in [2.45, 2.75) is 51.3 Å². The molecule has 1 fully saturated rings. The van der Waals surface area contributed by atoms with E-state index in [1.165, 1.54) is 0 Å². The number of esters is 1. The fourth-order valence-electron chi connectivity index (χ4n) is 1.10. The first-order valence-electron chi connectivity index (χ1n) is 5.02. The van der Waals surface area contributed by atoms with Gasteiger partial charge < -0.3 is 9.84 Å². The minimum Gasteiger partial charge on any atom is -0.459 e. The van der Waals surface area contributed by atoms with Gasteiger partial charge in [0, 0.05) is 6.04 Å². The summed E-state index contributed by atoms with van der Waals surface area (Å²) in [4.78, 5) is 11.5. The van der Waals surface area contributed by atoms with Crippen LogP contribution in [0.5, 0.6) is 0 Å². The largest absolute Gasteiger partial charge is 0.459 e. The Morgan fingerprint density at radius 2 is 2.14 bits per heavy atom. The minimum atomic E-state index is -0.568. The molecule has 0 aromatic rings. The third kappa shape index (κ3) is 4.07. The summed E-state index contributed by atoms with van der Waals surface area (Å²) in [6, 6.07) is -0.179. The summed E-state index contributed by atoms with van der Waals surface area (Å²) in [6.45, 7) is 5.24. The molecule has 0 amide bonds. The maximum atomic E-state index is 11.5. The zero-order valence-corrected chi connectivity index (χ0v) is 9.04. The molecular formula is C10H19NO3. The van der Waals surface area contributed by atoms with Crippen LogP contribution in [0.1, 0.15) is 33.6 Å². The summed E-state index contributed by atoms with van der Waals surface area (Å²) >= 11 is 0. The normalized spacial score (nSPS) is 19.1. The summed E-state index contributed by atoms with van der Waals surface area (Å²) < 4.78 is 5.16. The van der Waals surface area contributed by atoms with E-state index in [4.69, 9.17) is 9.84 Å². The lowest BCUT2D eigenvalue weighted by Gasteiger charge is -2.23. The number of aliphatic hydroxyl groups is 1. The van der Waals surface area contributed by atoms with Crippen molar-refractivity contribution in [2.24, 2.45) is 0 Å². The molecule has 0 radical (unpaired) electrons. The van der Waals surface area contributed by atoms with Crippen LogP contribution in [0.15, 0.2) is 0 Å². The third-order valence-corrected chi connectivity index (χ3v) is 1.89. The van der Waals surface area contributed by atoms with Crippen molar-refractivity contribution >= 4 is 5.97 Å². The summed E-state index contributed by atoms with van der Waals surface area (Å²) in [5, 5.41) is 12.0. The number of carbonyl (C=O) groups is 1. The highest BCUT2D eigenvalue weighted by molar-refractivity contribution is 5.76. The number of carbonyl (C=O) groups excluding carboxylic acids is 1. The summed E-state index contributed by atoms with van der Waals surface area (Å²) in [7, 11) is 0. The SMILES string of the molecule is CC(C)(C)OC(=O)C(CO)NC1CC1. The van der Waals surface area contributed by atoms with Gasteiger partial charge in [0.1, 0.15) is 11.6 Å². The van der Waals surface area contributed by atoms with Crippen LogP contribution in [-0.4, -0.2) is 35.4 Å². The molecule has 0 aromatic heterocycles. The summed E-state index contributed by atoms with van der Waals surface area (Å²) in [5.41, 5.74) is -0.490. The summed E-state index contributed by atoms with van der Waals surface area (Å²) in [6.07, 6.45) is 2.17. The Hall–Kier alpha value is -0.610. The van der Waals surface area contributed by atoms with E-state index >= 15 is 0 Å². The highest BCUT2D eigenvalue weighted by Gasteiger charge is 2.30. The lowest BCUT2D eigenvalue weighted by molar-refractivity contribution is -0.158. The van der Waals surface area contributed by atoms with Crippen molar-refractivity contribution < 1.29 is 14.6 Å². The first kappa shape index (κ1) is 11.5. The molecule has 2 N–H and O–H groups in total. The van der Waals surface area contributed by atoms with E-state index < -0.39 is 11.6 Å². The predicted octanol–water partition coefficient (Wildman–Crippen LogP) is 0.441. The molecule has 82 valence electrons. The lowest BCUT2D eigenvalue weighted by Crippen LogP contribution is -2.44. The first-order chi connectivity index (χ1) is 6.42. The first-order valence-corrected chi connectivity index (χ1v) is 5.02. The van der Waals surface area contributed by atoms with Gasteiger partial charge in [0.2, 0.25) is 0 Å². The molecular weight excluding hydrogens is 182 g/mol. The maximum absolute atomic E-state index is 11.5. The summed E-state index contributed by atoms with van der Waals surface area (Å²) in [5.74, 6) is -0.369. The van der Waals surface area contributed by atoms with Crippen LogP contribution in [-0.2, 0) is 9.53 Å². The van der Waals surface area contributed by atoms with Crippen LogP contribution in [0.25, 0.3) is 0 Å².